The lowest BCUT2D eigenvalue weighted by Crippen LogP contribution is -2.20. The number of rotatable bonds is 4. The molecule has 0 aliphatic carbocycles. The first-order valence-electron chi connectivity index (χ1n) is 8.30. The largest absolute Gasteiger partial charge is 0.476 e. The molecule has 0 saturated carbocycles. The van der Waals surface area contributed by atoms with Gasteiger partial charge in [0.15, 0.2) is 5.69 Å². The molecule has 7 nitrogen and oxygen atoms in total. The van der Waals surface area contributed by atoms with Crippen LogP contribution in [-0.2, 0) is 4.84 Å². The molecule has 0 amide bonds. The fraction of sp³-hybridized carbons (Fsp3) is 0.278. The molecule has 0 aromatic carbocycles. The minimum atomic E-state index is 0.00785. The molecule has 3 aromatic heterocycles. The molecule has 3 aromatic rings. The lowest BCUT2D eigenvalue weighted by atomic mass is 10.1. The number of nitrogens with zero attached hydrogens (tertiary/aromatic N) is 5. The lowest BCUT2D eigenvalue weighted by Gasteiger charge is -2.17. The summed E-state index contributed by atoms with van der Waals surface area (Å²) in [5.41, 5.74) is 3.10. The maximum Gasteiger partial charge on any atom is 0.242 e. The molecule has 0 bridgehead atoms. The van der Waals surface area contributed by atoms with Crippen molar-refractivity contribution in [2.45, 2.75) is 26.4 Å². The Kier molecular flexibility index (Phi) is 4.57. The van der Waals surface area contributed by atoms with Crippen LogP contribution in [0.25, 0.3) is 21.1 Å². The van der Waals surface area contributed by atoms with E-state index in [0.717, 1.165) is 26.9 Å². The van der Waals surface area contributed by atoms with E-state index in [0.29, 0.717) is 24.6 Å². The van der Waals surface area contributed by atoms with Gasteiger partial charge in [0.05, 0.1) is 17.7 Å². The number of ether oxygens (including phenoxy) is 1. The third kappa shape index (κ3) is 3.41. The van der Waals surface area contributed by atoms with Gasteiger partial charge < -0.3 is 9.57 Å². The Morgan fingerprint density at radius 1 is 1.23 bits per heavy atom. The molecule has 4 rings (SSSR count). The van der Waals surface area contributed by atoms with E-state index in [2.05, 4.69) is 20.1 Å². The smallest absolute Gasteiger partial charge is 0.242 e. The Bertz CT molecular complexity index is 940. The fourth-order valence-electron chi connectivity index (χ4n) is 2.43. The van der Waals surface area contributed by atoms with Crippen molar-refractivity contribution in [1.29, 1.82) is 0 Å². The van der Waals surface area contributed by atoms with Crippen LogP contribution in [-0.4, -0.2) is 38.4 Å². The zero-order valence-electron chi connectivity index (χ0n) is 14.4. The number of oxime groups is 1. The second kappa shape index (κ2) is 7.17. The average Bonchev–Trinajstić information content (AvgIpc) is 3.17. The minimum absolute atomic E-state index is 0.00785. The van der Waals surface area contributed by atoms with Crippen LogP contribution in [0.4, 0.5) is 0 Å². The number of thiazole rings is 1. The minimum Gasteiger partial charge on any atom is -0.476 e. The summed E-state index contributed by atoms with van der Waals surface area (Å²) >= 11 is 1.54. The van der Waals surface area contributed by atoms with Crippen molar-refractivity contribution in [3.05, 3.63) is 42.6 Å². The monoisotopic (exact) mass is 367 g/mol. The summed E-state index contributed by atoms with van der Waals surface area (Å²) in [6, 6.07) is 3.87. The molecule has 0 unspecified atom stereocenters. The van der Waals surface area contributed by atoms with Gasteiger partial charge in [-0.3, -0.25) is 4.98 Å². The van der Waals surface area contributed by atoms with Gasteiger partial charge in [-0.05, 0) is 26.0 Å². The Balaban J connectivity index is 1.68. The van der Waals surface area contributed by atoms with E-state index in [9.17, 15) is 0 Å². The first-order valence-corrected chi connectivity index (χ1v) is 9.12. The second-order valence-electron chi connectivity index (χ2n) is 5.97. The molecule has 26 heavy (non-hydrogen) atoms. The summed E-state index contributed by atoms with van der Waals surface area (Å²) < 4.78 is 5.60. The predicted molar refractivity (Wildman–Crippen MR) is 99.2 cm³/mol. The van der Waals surface area contributed by atoms with Crippen molar-refractivity contribution in [3.63, 3.8) is 0 Å². The van der Waals surface area contributed by atoms with E-state index in [1.54, 1.807) is 36.1 Å². The van der Waals surface area contributed by atoms with Crippen molar-refractivity contribution in [1.82, 2.24) is 19.9 Å². The summed E-state index contributed by atoms with van der Waals surface area (Å²) in [4.78, 5) is 24.0. The van der Waals surface area contributed by atoms with Crippen LogP contribution < -0.4 is 4.74 Å². The average molecular weight is 367 g/mol. The predicted octanol–water partition coefficient (Wildman–Crippen LogP) is 3.57. The zero-order valence-corrected chi connectivity index (χ0v) is 15.2. The Labute approximate surface area is 154 Å². The van der Waals surface area contributed by atoms with Crippen molar-refractivity contribution in [2.24, 2.45) is 5.16 Å². The zero-order chi connectivity index (χ0) is 17.9. The van der Waals surface area contributed by atoms with E-state index in [1.165, 1.54) is 0 Å². The molecule has 8 heteroatoms. The van der Waals surface area contributed by atoms with Crippen LogP contribution in [0.1, 0.15) is 26.0 Å². The summed E-state index contributed by atoms with van der Waals surface area (Å²) in [5.74, 6) is 0.489. The third-order valence-corrected chi connectivity index (χ3v) is 4.70. The Morgan fingerprint density at radius 2 is 2.15 bits per heavy atom. The number of pyridine rings is 1. The molecule has 1 aliphatic rings. The van der Waals surface area contributed by atoms with Crippen molar-refractivity contribution < 1.29 is 9.57 Å². The van der Waals surface area contributed by atoms with Crippen LogP contribution in [0.5, 0.6) is 5.88 Å². The highest BCUT2D eigenvalue weighted by atomic mass is 32.1. The molecular weight excluding hydrogens is 350 g/mol. The number of aromatic nitrogens is 4. The van der Waals surface area contributed by atoms with E-state index in [4.69, 9.17) is 14.6 Å². The molecule has 0 radical (unpaired) electrons. The van der Waals surface area contributed by atoms with E-state index in [1.807, 2.05) is 26.0 Å². The van der Waals surface area contributed by atoms with Gasteiger partial charge >= 0.3 is 0 Å². The van der Waals surface area contributed by atoms with Gasteiger partial charge in [0.25, 0.3) is 0 Å². The van der Waals surface area contributed by atoms with E-state index in [-0.39, 0.29) is 6.10 Å². The van der Waals surface area contributed by atoms with Crippen LogP contribution in [0.2, 0.25) is 0 Å². The lowest BCUT2D eigenvalue weighted by molar-refractivity contribution is 0.0848. The van der Waals surface area contributed by atoms with Gasteiger partial charge in [-0.1, -0.05) is 5.16 Å². The highest BCUT2D eigenvalue weighted by Crippen LogP contribution is 2.32. The maximum absolute atomic E-state index is 5.60. The fourth-order valence-corrected chi connectivity index (χ4v) is 3.29. The Hall–Kier alpha value is -2.87. The molecular formula is C18H17N5O2S. The second-order valence-corrected chi connectivity index (χ2v) is 7.00. The summed E-state index contributed by atoms with van der Waals surface area (Å²) in [7, 11) is 0. The molecule has 132 valence electrons. The topological polar surface area (TPSA) is 82.4 Å². The standard InChI is InChI=1S/C18H17N5O2S/c1-11(2)25-23-13-5-7-24-17-16(13)22-14(9-20-17)15-10-21-18(26-15)12-4-3-6-19-8-12/h3-4,6,8-11H,5,7H2,1-2H3. The van der Waals surface area contributed by atoms with E-state index < -0.39 is 0 Å². The SMILES string of the molecule is CC(C)ON=C1CCOc2ncc(-c3cnc(-c4cccnc4)s3)nc21. The first kappa shape index (κ1) is 16.6. The highest BCUT2D eigenvalue weighted by Gasteiger charge is 2.22. The molecule has 0 N–H and O–H groups in total. The summed E-state index contributed by atoms with van der Waals surface area (Å²) in [6.07, 6.45) is 7.69. The van der Waals surface area contributed by atoms with Gasteiger partial charge in [-0.2, -0.15) is 0 Å². The van der Waals surface area contributed by atoms with Gasteiger partial charge in [-0.25, -0.2) is 15.0 Å². The molecule has 4 heterocycles. The number of hydrogen-bond acceptors (Lipinski definition) is 8. The van der Waals surface area contributed by atoms with Gasteiger partial charge in [0, 0.05) is 30.6 Å². The molecule has 0 saturated heterocycles. The van der Waals surface area contributed by atoms with Crippen molar-refractivity contribution in [2.75, 3.05) is 6.61 Å². The first-order chi connectivity index (χ1) is 12.7. The molecule has 0 atom stereocenters. The van der Waals surface area contributed by atoms with Gasteiger partial charge in [0.2, 0.25) is 5.88 Å². The quantitative estimate of drug-likeness (QED) is 0.656. The number of fused-ring (bicyclic) bond motifs is 1. The van der Waals surface area contributed by atoms with Crippen LogP contribution in [0.15, 0.2) is 42.1 Å². The van der Waals surface area contributed by atoms with Gasteiger partial charge in [-0.15, -0.1) is 11.3 Å². The normalized spacial score (nSPS) is 15.0. The van der Waals surface area contributed by atoms with E-state index >= 15 is 0 Å². The van der Waals surface area contributed by atoms with Crippen LogP contribution in [0.3, 0.4) is 0 Å². The molecule has 0 spiro atoms. The summed E-state index contributed by atoms with van der Waals surface area (Å²) in [5, 5.41) is 5.12. The number of hydrogen-bond donors (Lipinski definition) is 0. The van der Waals surface area contributed by atoms with Crippen molar-refractivity contribution in [3.8, 4) is 27.0 Å². The van der Waals surface area contributed by atoms with Crippen LogP contribution >= 0.6 is 11.3 Å². The van der Waals surface area contributed by atoms with Crippen LogP contribution in [0, 0.1) is 0 Å². The molecule has 0 fully saturated rings. The van der Waals surface area contributed by atoms with Crippen molar-refractivity contribution >= 4 is 17.0 Å². The summed E-state index contributed by atoms with van der Waals surface area (Å²) in [6.45, 7) is 4.39. The third-order valence-electron chi connectivity index (χ3n) is 3.63. The van der Waals surface area contributed by atoms with Gasteiger partial charge in [0.1, 0.15) is 22.5 Å². The molecule has 1 aliphatic heterocycles. The Morgan fingerprint density at radius 3 is 2.96 bits per heavy atom. The highest BCUT2D eigenvalue weighted by molar-refractivity contribution is 7.18. The maximum atomic E-state index is 5.60.